The molecule has 0 N–H and O–H groups in total. The molecule has 130 valence electrons. The van der Waals surface area contributed by atoms with E-state index >= 15 is 0 Å². The lowest BCUT2D eigenvalue weighted by atomic mass is 10.3. The number of hydrogen-bond acceptors (Lipinski definition) is 5. The lowest BCUT2D eigenvalue weighted by Crippen LogP contribution is -2.51. The molecule has 1 saturated heterocycles. The number of rotatable bonds is 4. The van der Waals surface area contributed by atoms with Crippen molar-refractivity contribution < 1.29 is 17.6 Å². The molecular formula is C15H19N3O5S. The number of benzene rings is 1. The Hall–Kier alpha value is -2.13. The van der Waals surface area contributed by atoms with Crippen molar-refractivity contribution in [2.45, 2.75) is 13.5 Å². The van der Waals surface area contributed by atoms with Gasteiger partial charge in [0.15, 0.2) is 5.58 Å². The van der Waals surface area contributed by atoms with Gasteiger partial charge in [0, 0.05) is 26.2 Å². The number of amides is 1. The Kier molecular flexibility index (Phi) is 4.46. The van der Waals surface area contributed by atoms with E-state index < -0.39 is 15.8 Å². The number of sulfonamides is 1. The second-order valence-electron chi connectivity index (χ2n) is 5.60. The van der Waals surface area contributed by atoms with Gasteiger partial charge >= 0.3 is 5.76 Å². The van der Waals surface area contributed by atoms with Gasteiger partial charge in [0.05, 0.1) is 11.3 Å². The van der Waals surface area contributed by atoms with Crippen LogP contribution in [0.4, 0.5) is 0 Å². The standard InChI is InChI=1S/C15H19N3O5S/c1-2-24(21,22)17-9-7-16(8-10-17)14(19)11-18-12-5-3-4-6-13(12)23-15(18)20/h3-6H,2,7-11H2,1H3. The summed E-state index contributed by atoms with van der Waals surface area (Å²) in [7, 11) is -3.23. The van der Waals surface area contributed by atoms with E-state index in [2.05, 4.69) is 0 Å². The molecule has 0 spiro atoms. The zero-order valence-corrected chi connectivity index (χ0v) is 14.2. The highest BCUT2D eigenvalue weighted by molar-refractivity contribution is 7.89. The highest BCUT2D eigenvalue weighted by Gasteiger charge is 2.28. The van der Waals surface area contributed by atoms with Crippen LogP contribution in [0, 0.1) is 0 Å². The summed E-state index contributed by atoms with van der Waals surface area (Å²) in [6, 6.07) is 6.92. The molecule has 3 rings (SSSR count). The average Bonchev–Trinajstić information content (AvgIpc) is 2.90. The minimum atomic E-state index is -3.23. The zero-order chi connectivity index (χ0) is 17.3. The molecule has 1 aliphatic heterocycles. The fourth-order valence-corrected chi connectivity index (χ4v) is 3.88. The van der Waals surface area contributed by atoms with Crippen molar-refractivity contribution in [1.29, 1.82) is 0 Å². The maximum Gasteiger partial charge on any atom is 0.420 e. The molecule has 0 saturated carbocycles. The summed E-state index contributed by atoms with van der Waals surface area (Å²) >= 11 is 0. The Morgan fingerprint density at radius 3 is 2.50 bits per heavy atom. The zero-order valence-electron chi connectivity index (χ0n) is 13.3. The predicted molar refractivity (Wildman–Crippen MR) is 88.1 cm³/mol. The van der Waals surface area contributed by atoms with E-state index in [1.165, 1.54) is 8.87 Å². The first-order valence-electron chi connectivity index (χ1n) is 7.76. The van der Waals surface area contributed by atoms with E-state index in [0.29, 0.717) is 24.2 Å². The summed E-state index contributed by atoms with van der Waals surface area (Å²) < 4.78 is 31.5. The third-order valence-electron chi connectivity index (χ3n) is 4.22. The molecule has 2 aromatic rings. The van der Waals surface area contributed by atoms with Crippen LogP contribution in [0.2, 0.25) is 0 Å². The van der Waals surface area contributed by atoms with Gasteiger partial charge in [-0.1, -0.05) is 12.1 Å². The van der Waals surface area contributed by atoms with Gasteiger partial charge in [-0.05, 0) is 19.1 Å². The summed E-state index contributed by atoms with van der Waals surface area (Å²) in [5.74, 6) is -0.744. The molecule has 1 fully saturated rings. The lowest BCUT2D eigenvalue weighted by molar-refractivity contribution is -0.133. The second-order valence-corrected chi connectivity index (χ2v) is 7.86. The van der Waals surface area contributed by atoms with Crippen molar-refractivity contribution >= 4 is 27.0 Å². The van der Waals surface area contributed by atoms with Crippen molar-refractivity contribution in [2.75, 3.05) is 31.9 Å². The Morgan fingerprint density at radius 2 is 1.83 bits per heavy atom. The van der Waals surface area contributed by atoms with E-state index in [0.717, 1.165) is 0 Å². The van der Waals surface area contributed by atoms with Crippen LogP contribution in [-0.2, 0) is 21.4 Å². The number of aromatic nitrogens is 1. The minimum absolute atomic E-state index is 0.0529. The Morgan fingerprint density at radius 1 is 1.17 bits per heavy atom. The third kappa shape index (κ3) is 3.09. The van der Waals surface area contributed by atoms with Crippen LogP contribution in [0.25, 0.3) is 11.1 Å². The largest absolute Gasteiger partial charge is 0.420 e. The smallest absolute Gasteiger partial charge is 0.408 e. The number of piperazine rings is 1. The van der Waals surface area contributed by atoms with E-state index in [1.54, 1.807) is 36.1 Å². The number of hydrogen-bond donors (Lipinski definition) is 0. The molecule has 2 heterocycles. The molecule has 1 aromatic carbocycles. The summed E-state index contributed by atoms with van der Waals surface area (Å²) in [6.07, 6.45) is 0. The first kappa shape index (κ1) is 16.7. The maximum atomic E-state index is 12.4. The monoisotopic (exact) mass is 353 g/mol. The van der Waals surface area contributed by atoms with E-state index in [-0.39, 0.29) is 31.3 Å². The number of para-hydroxylation sites is 2. The quantitative estimate of drug-likeness (QED) is 0.777. The fraction of sp³-hybridized carbons (Fsp3) is 0.467. The van der Waals surface area contributed by atoms with Gasteiger partial charge in [-0.3, -0.25) is 9.36 Å². The Bertz CT molecular complexity index is 907. The summed E-state index contributed by atoms with van der Waals surface area (Å²) in [4.78, 5) is 25.9. The van der Waals surface area contributed by atoms with Gasteiger partial charge < -0.3 is 9.32 Å². The van der Waals surface area contributed by atoms with E-state index in [9.17, 15) is 18.0 Å². The molecule has 24 heavy (non-hydrogen) atoms. The van der Waals surface area contributed by atoms with E-state index in [4.69, 9.17) is 4.42 Å². The molecule has 9 heteroatoms. The summed E-state index contributed by atoms with van der Waals surface area (Å²) in [5, 5.41) is 0. The lowest BCUT2D eigenvalue weighted by Gasteiger charge is -2.33. The summed E-state index contributed by atoms with van der Waals surface area (Å²) in [6.45, 7) is 2.69. The van der Waals surface area contributed by atoms with Gasteiger partial charge in [-0.15, -0.1) is 0 Å². The average molecular weight is 353 g/mol. The first-order chi connectivity index (χ1) is 11.4. The van der Waals surface area contributed by atoms with E-state index in [1.807, 2.05) is 0 Å². The molecule has 8 nitrogen and oxygen atoms in total. The second kappa shape index (κ2) is 6.40. The van der Waals surface area contributed by atoms with Crippen LogP contribution in [0.15, 0.2) is 33.5 Å². The van der Waals surface area contributed by atoms with Crippen LogP contribution < -0.4 is 5.76 Å². The van der Waals surface area contributed by atoms with Crippen LogP contribution in [0.3, 0.4) is 0 Å². The predicted octanol–water partition coefficient (Wildman–Crippen LogP) is 0.0884. The van der Waals surface area contributed by atoms with Gasteiger partial charge in [0.25, 0.3) is 0 Å². The van der Waals surface area contributed by atoms with Gasteiger partial charge in [0.1, 0.15) is 6.54 Å². The minimum Gasteiger partial charge on any atom is -0.408 e. The number of nitrogens with zero attached hydrogens (tertiary/aromatic N) is 3. The van der Waals surface area contributed by atoms with Gasteiger partial charge in [-0.25, -0.2) is 13.2 Å². The molecule has 0 aliphatic carbocycles. The normalized spacial score (nSPS) is 16.6. The maximum absolute atomic E-state index is 12.4. The molecule has 1 amide bonds. The number of carbonyl (C=O) groups is 1. The molecule has 1 aromatic heterocycles. The van der Waals surface area contributed by atoms with Crippen molar-refractivity contribution in [1.82, 2.24) is 13.8 Å². The highest BCUT2D eigenvalue weighted by Crippen LogP contribution is 2.13. The molecule has 0 bridgehead atoms. The molecular weight excluding hydrogens is 334 g/mol. The van der Waals surface area contributed by atoms with Crippen molar-refractivity contribution in [3.05, 3.63) is 34.8 Å². The van der Waals surface area contributed by atoms with Crippen LogP contribution in [-0.4, -0.2) is 60.0 Å². The van der Waals surface area contributed by atoms with Crippen LogP contribution >= 0.6 is 0 Å². The van der Waals surface area contributed by atoms with Crippen molar-refractivity contribution in [3.63, 3.8) is 0 Å². The molecule has 0 unspecified atom stereocenters. The SMILES string of the molecule is CCS(=O)(=O)N1CCN(C(=O)Cn2c(=O)oc3ccccc32)CC1. The number of carbonyl (C=O) groups excluding carboxylic acids is 1. The van der Waals surface area contributed by atoms with Gasteiger partial charge in [0.2, 0.25) is 15.9 Å². The topological polar surface area (TPSA) is 92.8 Å². The van der Waals surface area contributed by atoms with Crippen molar-refractivity contribution in [2.24, 2.45) is 0 Å². The van der Waals surface area contributed by atoms with Crippen LogP contribution in [0.5, 0.6) is 0 Å². The van der Waals surface area contributed by atoms with Crippen molar-refractivity contribution in [3.8, 4) is 0 Å². The molecule has 1 aliphatic rings. The molecule has 0 atom stereocenters. The third-order valence-corrected chi connectivity index (χ3v) is 6.10. The van der Waals surface area contributed by atoms with Gasteiger partial charge in [-0.2, -0.15) is 4.31 Å². The summed E-state index contributed by atoms with van der Waals surface area (Å²) in [5.41, 5.74) is 1.01. The first-order valence-corrected chi connectivity index (χ1v) is 9.37. The molecule has 0 radical (unpaired) electrons. The Labute approximate surface area is 139 Å². The number of fused-ring (bicyclic) bond motifs is 1. The fourth-order valence-electron chi connectivity index (χ4n) is 2.80. The number of oxazole rings is 1. The highest BCUT2D eigenvalue weighted by atomic mass is 32.2. The van der Waals surface area contributed by atoms with Crippen LogP contribution in [0.1, 0.15) is 6.92 Å². The Balaban J connectivity index is 1.70.